The Balaban J connectivity index is 2.26. The molecule has 4 nitrogen and oxygen atoms in total. The average Bonchev–Trinajstić information content (AvgIpc) is 2.77. The number of nitrogens with zero attached hydrogens (tertiary/aromatic N) is 3. The molecule has 0 atom stereocenters. The van der Waals surface area contributed by atoms with E-state index in [1.165, 1.54) is 17.3 Å². The van der Waals surface area contributed by atoms with E-state index in [0.29, 0.717) is 6.54 Å². The zero-order valence-corrected chi connectivity index (χ0v) is 12.0. The second kappa shape index (κ2) is 5.81. The molecular weight excluding hydrogens is 272 g/mol. The number of hydrogen-bond donors (Lipinski definition) is 1. The molecule has 90 valence electrons. The zero-order valence-electron chi connectivity index (χ0n) is 9.51. The monoisotopic (exact) mass is 284 g/mol. The molecule has 0 aliphatic carbocycles. The number of thioether (sulfide) groups is 1. The Labute approximate surface area is 112 Å². The van der Waals surface area contributed by atoms with Crippen LogP contribution in [0.4, 0.5) is 0 Å². The number of rotatable bonds is 4. The summed E-state index contributed by atoms with van der Waals surface area (Å²) in [6, 6.07) is 1.97. The van der Waals surface area contributed by atoms with Crippen LogP contribution < -0.4 is 5.73 Å². The lowest BCUT2D eigenvalue weighted by molar-refractivity contribution is 0.930. The summed E-state index contributed by atoms with van der Waals surface area (Å²) >= 11 is 4.71. The first-order chi connectivity index (χ1) is 8.24. The normalized spacial score (nSPS) is 10.8. The maximum atomic E-state index is 5.75. The van der Waals surface area contributed by atoms with Crippen molar-refractivity contribution in [1.82, 2.24) is 15.2 Å². The molecule has 2 heterocycles. The van der Waals surface area contributed by atoms with Gasteiger partial charge in [0.1, 0.15) is 5.03 Å². The minimum Gasteiger partial charge on any atom is -0.326 e. The van der Waals surface area contributed by atoms with Crippen LogP contribution >= 0.6 is 34.9 Å². The van der Waals surface area contributed by atoms with Crippen molar-refractivity contribution in [3.8, 4) is 0 Å². The van der Waals surface area contributed by atoms with Crippen LogP contribution in [-0.4, -0.2) is 21.4 Å². The van der Waals surface area contributed by atoms with E-state index in [0.717, 1.165) is 19.3 Å². The van der Waals surface area contributed by atoms with Crippen LogP contribution in [0.2, 0.25) is 0 Å². The summed E-state index contributed by atoms with van der Waals surface area (Å²) in [5.74, 6) is 0. The SMILES string of the molecule is CSc1nnc(Sc2nccc(C)c2CN)s1. The summed E-state index contributed by atoms with van der Waals surface area (Å²) in [6.45, 7) is 2.54. The van der Waals surface area contributed by atoms with Crippen molar-refractivity contribution in [2.75, 3.05) is 6.26 Å². The first kappa shape index (κ1) is 12.8. The van der Waals surface area contributed by atoms with Gasteiger partial charge in [-0.25, -0.2) is 4.98 Å². The van der Waals surface area contributed by atoms with Gasteiger partial charge in [-0.2, -0.15) is 0 Å². The van der Waals surface area contributed by atoms with Gasteiger partial charge in [0.15, 0.2) is 8.68 Å². The van der Waals surface area contributed by atoms with Gasteiger partial charge >= 0.3 is 0 Å². The molecule has 2 aromatic rings. The highest BCUT2D eigenvalue weighted by Gasteiger charge is 2.11. The van der Waals surface area contributed by atoms with Crippen LogP contribution in [0, 0.1) is 6.92 Å². The van der Waals surface area contributed by atoms with Crippen molar-refractivity contribution < 1.29 is 0 Å². The molecule has 2 rings (SSSR count). The molecular formula is C10H12N4S3. The standard InChI is InChI=1S/C10H12N4S3/c1-6-3-4-12-8(7(6)5-11)16-10-14-13-9(15-2)17-10/h3-4H,5,11H2,1-2H3. The average molecular weight is 284 g/mol. The van der Waals surface area contributed by atoms with Gasteiger partial charge in [0.25, 0.3) is 0 Å². The van der Waals surface area contributed by atoms with E-state index in [-0.39, 0.29) is 0 Å². The Morgan fingerprint density at radius 1 is 1.35 bits per heavy atom. The van der Waals surface area contributed by atoms with Crippen LogP contribution in [0.25, 0.3) is 0 Å². The van der Waals surface area contributed by atoms with Gasteiger partial charge < -0.3 is 5.73 Å². The minimum atomic E-state index is 0.496. The number of hydrogen-bond acceptors (Lipinski definition) is 7. The highest BCUT2D eigenvalue weighted by Crippen LogP contribution is 2.33. The van der Waals surface area contributed by atoms with E-state index in [2.05, 4.69) is 15.2 Å². The van der Waals surface area contributed by atoms with Crippen molar-refractivity contribution in [3.05, 3.63) is 23.4 Å². The Kier molecular flexibility index (Phi) is 4.38. The number of aryl methyl sites for hydroxylation is 1. The highest BCUT2D eigenvalue weighted by molar-refractivity contribution is 8.03. The van der Waals surface area contributed by atoms with Gasteiger partial charge in [0.2, 0.25) is 0 Å². The molecule has 0 bridgehead atoms. The molecule has 0 saturated heterocycles. The van der Waals surface area contributed by atoms with Crippen LogP contribution in [-0.2, 0) is 6.54 Å². The predicted molar refractivity (Wildman–Crippen MR) is 72.7 cm³/mol. The fraction of sp³-hybridized carbons (Fsp3) is 0.300. The van der Waals surface area contributed by atoms with Crippen molar-refractivity contribution in [2.24, 2.45) is 5.73 Å². The predicted octanol–water partition coefficient (Wildman–Crippen LogP) is 2.57. The molecule has 0 aromatic carbocycles. The summed E-state index contributed by atoms with van der Waals surface area (Å²) < 4.78 is 1.87. The molecule has 0 aliphatic heterocycles. The molecule has 0 radical (unpaired) electrons. The Morgan fingerprint density at radius 3 is 2.76 bits per heavy atom. The largest absolute Gasteiger partial charge is 0.326 e. The fourth-order valence-electron chi connectivity index (χ4n) is 1.30. The third-order valence-electron chi connectivity index (χ3n) is 2.20. The van der Waals surface area contributed by atoms with Gasteiger partial charge in [-0.1, -0.05) is 23.1 Å². The summed E-state index contributed by atoms with van der Waals surface area (Å²) in [4.78, 5) is 4.36. The van der Waals surface area contributed by atoms with Crippen molar-refractivity contribution in [3.63, 3.8) is 0 Å². The maximum Gasteiger partial charge on any atom is 0.181 e. The number of pyridine rings is 1. The molecule has 0 spiro atoms. The molecule has 0 saturated carbocycles. The van der Waals surface area contributed by atoms with Gasteiger partial charge in [-0.15, -0.1) is 10.2 Å². The lowest BCUT2D eigenvalue weighted by Gasteiger charge is -2.06. The Bertz CT molecular complexity index is 512. The molecule has 0 amide bonds. The van der Waals surface area contributed by atoms with Crippen LogP contribution in [0.5, 0.6) is 0 Å². The zero-order chi connectivity index (χ0) is 12.3. The molecule has 0 fully saturated rings. The Morgan fingerprint density at radius 2 is 2.12 bits per heavy atom. The van der Waals surface area contributed by atoms with E-state index in [9.17, 15) is 0 Å². The second-order valence-electron chi connectivity index (χ2n) is 3.26. The maximum absolute atomic E-state index is 5.75. The molecule has 2 aromatic heterocycles. The first-order valence-electron chi connectivity index (χ1n) is 4.94. The van der Waals surface area contributed by atoms with Gasteiger partial charge in [0.05, 0.1) is 0 Å². The van der Waals surface area contributed by atoms with E-state index in [4.69, 9.17) is 5.73 Å². The lowest BCUT2D eigenvalue weighted by Crippen LogP contribution is -2.02. The van der Waals surface area contributed by atoms with Gasteiger partial charge in [-0.05, 0) is 36.6 Å². The van der Waals surface area contributed by atoms with Crippen molar-refractivity contribution in [1.29, 1.82) is 0 Å². The van der Waals surface area contributed by atoms with E-state index in [1.807, 2.05) is 19.2 Å². The number of aromatic nitrogens is 3. The van der Waals surface area contributed by atoms with Crippen LogP contribution in [0.1, 0.15) is 11.1 Å². The van der Waals surface area contributed by atoms with Crippen LogP contribution in [0.15, 0.2) is 26.0 Å². The smallest absolute Gasteiger partial charge is 0.181 e. The third-order valence-corrected chi connectivity index (χ3v) is 5.20. The van der Waals surface area contributed by atoms with Crippen molar-refractivity contribution in [2.45, 2.75) is 27.2 Å². The topological polar surface area (TPSA) is 64.7 Å². The van der Waals surface area contributed by atoms with Crippen LogP contribution in [0.3, 0.4) is 0 Å². The first-order valence-corrected chi connectivity index (χ1v) is 7.80. The second-order valence-corrected chi connectivity index (χ2v) is 6.52. The number of nitrogens with two attached hydrogens (primary N) is 1. The summed E-state index contributed by atoms with van der Waals surface area (Å²) in [5, 5.41) is 9.10. The highest BCUT2D eigenvalue weighted by atomic mass is 32.2. The quantitative estimate of drug-likeness (QED) is 0.871. The summed E-state index contributed by atoms with van der Waals surface area (Å²) in [5.41, 5.74) is 7.99. The Hall–Kier alpha value is -0.630. The molecule has 17 heavy (non-hydrogen) atoms. The van der Waals surface area contributed by atoms with Crippen molar-refractivity contribution >= 4 is 34.9 Å². The summed E-state index contributed by atoms with van der Waals surface area (Å²) in [7, 11) is 0. The van der Waals surface area contributed by atoms with E-state index >= 15 is 0 Å². The third kappa shape index (κ3) is 2.98. The molecule has 7 heteroatoms. The molecule has 0 unspecified atom stereocenters. The van der Waals surface area contributed by atoms with E-state index < -0.39 is 0 Å². The van der Waals surface area contributed by atoms with E-state index in [1.54, 1.807) is 29.3 Å². The summed E-state index contributed by atoms with van der Waals surface area (Å²) in [6.07, 6.45) is 3.79. The molecule has 0 aliphatic rings. The fourth-order valence-corrected chi connectivity index (χ4v) is 3.84. The minimum absolute atomic E-state index is 0.496. The lowest BCUT2D eigenvalue weighted by atomic mass is 10.2. The molecule has 2 N–H and O–H groups in total. The van der Waals surface area contributed by atoms with Gasteiger partial charge in [-0.3, -0.25) is 0 Å². The van der Waals surface area contributed by atoms with Gasteiger partial charge in [0, 0.05) is 18.3 Å².